The molecule has 11 rings (SSSR count). The Morgan fingerprint density at radius 2 is 0.629 bits per heavy atom. The van der Waals surface area contributed by atoms with Crippen LogP contribution in [0.4, 0.5) is 17.1 Å². The predicted molar refractivity (Wildman–Crippen MR) is 260 cm³/mol. The van der Waals surface area contributed by atoms with Gasteiger partial charge in [-0.25, -0.2) is 0 Å². The molecule has 1 aliphatic rings. The lowest BCUT2D eigenvalue weighted by molar-refractivity contribution is 0.768. The minimum absolute atomic E-state index is 0.568. The molecule has 0 unspecified atom stereocenters. The SMILES string of the molecule is c1ccc(-c2ccc(N(c3ccc(-c4ccccc4-c4ccccc4)cc3)c3ccc4c(c3)C(c3ccccc3)(c3ccccc3)c3cccc(-c5ccccc5)c3-4)cc2)cc1. The maximum Gasteiger partial charge on any atom is 0.0714 e. The number of nitrogens with zero attached hydrogens (tertiary/aromatic N) is 1. The van der Waals surface area contributed by atoms with E-state index in [1.807, 2.05) is 0 Å². The van der Waals surface area contributed by atoms with Crippen molar-refractivity contribution in [2.45, 2.75) is 5.41 Å². The van der Waals surface area contributed by atoms with Crippen LogP contribution in [0.2, 0.25) is 0 Å². The Morgan fingerprint density at radius 3 is 1.16 bits per heavy atom. The van der Waals surface area contributed by atoms with Crippen LogP contribution < -0.4 is 4.90 Å². The van der Waals surface area contributed by atoms with Crippen LogP contribution in [-0.2, 0) is 5.41 Å². The summed E-state index contributed by atoms with van der Waals surface area (Å²) >= 11 is 0. The molecule has 10 aromatic rings. The first-order chi connectivity index (χ1) is 30.8. The van der Waals surface area contributed by atoms with Gasteiger partial charge < -0.3 is 4.90 Å². The fraction of sp³-hybridized carbons (Fsp3) is 0.0164. The van der Waals surface area contributed by atoms with Gasteiger partial charge in [0.1, 0.15) is 0 Å². The third-order valence-electron chi connectivity index (χ3n) is 12.6. The van der Waals surface area contributed by atoms with Crippen molar-refractivity contribution < 1.29 is 0 Å². The summed E-state index contributed by atoms with van der Waals surface area (Å²) in [5.41, 5.74) is 20.0. The van der Waals surface area contributed by atoms with Crippen LogP contribution in [0.3, 0.4) is 0 Å². The van der Waals surface area contributed by atoms with Crippen LogP contribution in [-0.4, -0.2) is 0 Å². The van der Waals surface area contributed by atoms with Crippen molar-refractivity contribution in [3.63, 3.8) is 0 Å². The summed E-state index contributed by atoms with van der Waals surface area (Å²) in [5.74, 6) is 0. The smallest absolute Gasteiger partial charge is 0.0714 e. The first-order valence-electron chi connectivity index (χ1n) is 21.4. The van der Waals surface area contributed by atoms with Gasteiger partial charge in [0.25, 0.3) is 0 Å². The Balaban J connectivity index is 1.13. The number of rotatable bonds is 9. The summed E-state index contributed by atoms with van der Waals surface area (Å²) < 4.78 is 0. The average Bonchev–Trinajstić information content (AvgIpc) is 3.66. The highest BCUT2D eigenvalue weighted by Crippen LogP contribution is 2.59. The van der Waals surface area contributed by atoms with Crippen molar-refractivity contribution >= 4 is 17.1 Å². The van der Waals surface area contributed by atoms with Crippen LogP contribution in [0, 0.1) is 0 Å². The monoisotopic (exact) mass is 789 g/mol. The summed E-state index contributed by atoms with van der Waals surface area (Å²) in [4.78, 5) is 2.42. The Kier molecular flexibility index (Phi) is 9.48. The van der Waals surface area contributed by atoms with Gasteiger partial charge in [-0.15, -0.1) is 0 Å². The molecule has 0 amide bonds. The summed E-state index contributed by atoms with van der Waals surface area (Å²) in [5, 5.41) is 0. The van der Waals surface area contributed by atoms with E-state index in [0.29, 0.717) is 0 Å². The molecular weight excluding hydrogens is 747 g/mol. The molecule has 1 nitrogen and oxygen atoms in total. The molecule has 0 fully saturated rings. The normalized spacial score (nSPS) is 12.3. The van der Waals surface area contributed by atoms with Gasteiger partial charge in [0.2, 0.25) is 0 Å². The Hall–Kier alpha value is -8.00. The van der Waals surface area contributed by atoms with E-state index in [0.717, 1.165) is 17.1 Å². The van der Waals surface area contributed by atoms with E-state index < -0.39 is 5.41 Å². The van der Waals surface area contributed by atoms with E-state index in [1.165, 1.54) is 77.9 Å². The average molecular weight is 790 g/mol. The lowest BCUT2D eigenvalue weighted by Gasteiger charge is -2.35. The van der Waals surface area contributed by atoms with Gasteiger partial charge in [-0.2, -0.15) is 0 Å². The summed E-state index contributed by atoms with van der Waals surface area (Å²) in [6.07, 6.45) is 0. The van der Waals surface area contributed by atoms with Crippen LogP contribution in [0.25, 0.3) is 55.6 Å². The molecule has 0 atom stereocenters. The molecule has 0 aromatic heterocycles. The molecular formula is C61H43N. The molecule has 0 N–H and O–H groups in total. The number of fused-ring (bicyclic) bond motifs is 3. The van der Waals surface area contributed by atoms with E-state index in [1.54, 1.807) is 0 Å². The topological polar surface area (TPSA) is 3.24 Å². The second kappa shape index (κ2) is 15.9. The van der Waals surface area contributed by atoms with Crippen LogP contribution in [0.1, 0.15) is 22.3 Å². The summed E-state index contributed by atoms with van der Waals surface area (Å²) in [7, 11) is 0. The lowest BCUT2D eigenvalue weighted by Crippen LogP contribution is -2.28. The van der Waals surface area contributed by atoms with Crippen molar-refractivity contribution in [2.24, 2.45) is 0 Å². The molecule has 0 spiro atoms. The minimum Gasteiger partial charge on any atom is -0.310 e. The zero-order valence-corrected chi connectivity index (χ0v) is 34.3. The highest BCUT2D eigenvalue weighted by atomic mass is 15.1. The highest BCUT2D eigenvalue weighted by molar-refractivity contribution is 5.97. The highest BCUT2D eigenvalue weighted by Gasteiger charge is 2.47. The molecule has 62 heavy (non-hydrogen) atoms. The number of hydrogen-bond acceptors (Lipinski definition) is 1. The molecule has 0 saturated carbocycles. The van der Waals surface area contributed by atoms with Crippen molar-refractivity contribution in [3.8, 4) is 55.6 Å². The third kappa shape index (κ3) is 6.35. The van der Waals surface area contributed by atoms with Crippen molar-refractivity contribution in [3.05, 3.63) is 283 Å². The van der Waals surface area contributed by atoms with Gasteiger partial charge in [0.05, 0.1) is 5.41 Å². The molecule has 0 aliphatic heterocycles. The Labute approximate surface area is 364 Å². The maximum absolute atomic E-state index is 2.47. The zero-order chi connectivity index (χ0) is 41.3. The van der Waals surface area contributed by atoms with Crippen LogP contribution in [0.15, 0.2) is 261 Å². The molecule has 10 aromatic carbocycles. The fourth-order valence-electron chi connectivity index (χ4n) is 9.80. The molecule has 1 heteroatoms. The first-order valence-corrected chi connectivity index (χ1v) is 21.4. The Morgan fingerprint density at radius 1 is 0.242 bits per heavy atom. The lowest BCUT2D eigenvalue weighted by atomic mass is 9.67. The van der Waals surface area contributed by atoms with Gasteiger partial charge in [0.15, 0.2) is 0 Å². The van der Waals surface area contributed by atoms with Crippen LogP contribution in [0.5, 0.6) is 0 Å². The standard InChI is InChI=1S/C61H43N/c1-6-19-44(20-7-1)45-33-37-51(38-34-45)62(52-39-35-48(36-40-52)55-30-17-16-29-54(55)46-21-8-2-9-22-46)53-41-42-57-59(43-53)61(49-25-12-4-13-26-49,50-27-14-5-15-28-50)58-32-18-31-56(60(57)58)47-23-10-3-11-24-47/h1-43H. The minimum atomic E-state index is -0.568. The van der Waals surface area contributed by atoms with Crippen LogP contribution >= 0.6 is 0 Å². The predicted octanol–water partition coefficient (Wildman–Crippen LogP) is 16.2. The fourth-order valence-corrected chi connectivity index (χ4v) is 9.80. The molecule has 0 bridgehead atoms. The van der Waals surface area contributed by atoms with E-state index in [-0.39, 0.29) is 0 Å². The quantitative estimate of drug-likeness (QED) is 0.141. The second-order valence-electron chi connectivity index (χ2n) is 16.0. The molecule has 0 radical (unpaired) electrons. The van der Waals surface area contributed by atoms with Gasteiger partial charge >= 0.3 is 0 Å². The van der Waals surface area contributed by atoms with E-state index >= 15 is 0 Å². The number of hydrogen-bond donors (Lipinski definition) is 0. The number of benzene rings is 10. The largest absolute Gasteiger partial charge is 0.310 e. The van der Waals surface area contributed by atoms with Gasteiger partial charge in [0, 0.05) is 17.1 Å². The van der Waals surface area contributed by atoms with E-state index in [4.69, 9.17) is 0 Å². The molecule has 292 valence electrons. The molecule has 0 heterocycles. The van der Waals surface area contributed by atoms with E-state index in [2.05, 4.69) is 266 Å². The number of anilines is 3. The van der Waals surface area contributed by atoms with Crippen molar-refractivity contribution in [1.29, 1.82) is 0 Å². The molecule has 0 saturated heterocycles. The second-order valence-corrected chi connectivity index (χ2v) is 16.0. The third-order valence-corrected chi connectivity index (χ3v) is 12.6. The van der Waals surface area contributed by atoms with Gasteiger partial charge in [-0.05, 0) is 114 Å². The Bertz CT molecular complexity index is 3080. The van der Waals surface area contributed by atoms with Gasteiger partial charge in [-0.3, -0.25) is 0 Å². The van der Waals surface area contributed by atoms with Crippen molar-refractivity contribution in [1.82, 2.24) is 0 Å². The van der Waals surface area contributed by atoms with Crippen molar-refractivity contribution in [2.75, 3.05) is 4.90 Å². The maximum atomic E-state index is 2.47. The summed E-state index contributed by atoms with van der Waals surface area (Å²) in [6.45, 7) is 0. The first kappa shape index (κ1) is 37.0. The zero-order valence-electron chi connectivity index (χ0n) is 34.3. The summed E-state index contributed by atoms with van der Waals surface area (Å²) in [6, 6.07) is 95.2. The van der Waals surface area contributed by atoms with Gasteiger partial charge in [-0.1, -0.05) is 224 Å². The molecule has 1 aliphatic carbocycles. The van der Waals surface area contributed by atoms with E-state index in [9.17, 15) is 0 Å².